The topological polar surface area (TPSA) is 39.4 Å². The zero-order valence-corrected chi connectivity index (χ0v) is 14.2. The van der Waals surface area contributed by atoms with Crippen molar-refractivity contribution in [2.75, 3.05) is 7.11 Å². The summed E-state index contributed by atoms with van der Waals surface area (Å²) in [5.74, 6) is 1.42. The lowest BCUT2D eigenvalue weighted by Gasteiger charge is -2.10. The first-order valence-corrected chi connectivity index (χ1v) is 7.37. The van der Waals surface area contributed by atoms with Crippen LogP contribution in [0.3, 0.4) is 0 Å². The molecule has 0 bridgehead atoms. The molecule has 0 unspecified atom stereocenters. The average Bonchev–Trinajstić information content (AvgIpc) is 2.44. The van der Waals surface area contributed by atoms with Crippen LogP contribution in [-0.2, 0) is 0 Å². The molecule has 116 valence electrons. The third-order valence-electron chi connectivity index (χ3n) is 3.70. The van der Waals surface area contributed by atoms with E-state index < -0.39 is 0 Å². The number of hydrogen-bond donors (Lipinski definition) is 0. The van der Waals surface area contributed by atoms with Gasteiger partial charge in [0.2, 0.25) is 0 Å². The highest BCUT2D eigenvalue weighted by molar-refractivity contribution is 5.65. The monoisotopic (exact) mass is 290 g/mol. The normalized spacial score (nSPS) is 14.2. The minimum atomic E-state index is -0.0237. The van der Waals surface area contributed by atoms with E-state index in [9.17, 15) is 4.79 Å². The molecule has 21 heavy (non-hydrogen) atoms. The van der Waals surface area contributed by atoms with E-state index in [1.165, 1.54) is 12.7 Å². The first kappa shape index (κ1) is 17.3. The minimum Gasteiger partial charge on any atom is -0.468 e. The highest BCUT2D eigenvalue weighted by Crippen LogP contribution is 2.25. The Morgan fingerprint density at radius 3 is 2.43 bits per heavy atom. The van der Waals surface area contributed by atoms with Crippen molar-refractivity contribution >= 4 is 5.57 Å². The summed E-state index contributed by atoms with van der Waals surface area (Å²) in [4.78, 5) is 12.2. The zero-order valence-electron chi connectivity index (χ0n) is 14.2. The molecule has 0 amide bonds. The predicted molar refractivity (Wildman–Crippen MR) is 87.9 cm³/mol. The fourth-order valence-corrected chi connectivity index (χ4v) is 2.32. The molecule has 1 rings (SSSR count). The van der Waals surface area contributed by atoms with Crippen LogP contribution in [0.4, 0.5) is 0 Å². The molecule has 0 aromatic carbocycles. The quantitative estimate of drug-likeness (QED) is 0.740. The molecule has 0 saturated carbocycles. The summed E-state index contributed by atoms with van der Waals surface area (Å²) in [5.41, 5.74) is 3.21. The maximum Gasteiger partial charge on any atom is 0.291 e. The molecule has 0 N–H and O–H groups in total. The Morgan fingerprint density at radius 1 is 1.29 bits per heavy atom. The van der Waals surface area contributed by atoms with Crippen molar-refractivity contribution in [2.24, 2.45) is 5.92 Å². The molecule has 0 aliphatic heterocycles. The fourth-order valence-electron chi connectivity index (χ4n) is 2.32. The van der Waals surface area contributed by atoms with Gasteiger partial charge in [0.25, 0.3) is 5.95 Å². The lowest BCUT2D eigenvalue weighted by Crippen LogP contribution is -2.12. The Balaban J connectivity index is 3.31. The molecular formula is C18H26O3. The van der Waals surface area contributed by atoms with Gasteiger partial charge in [-0.3, -0.25) is 4.79 Å². The first-order chi connectivity index (χ1) is 9.81. The standard InChI is InChI=1S/C18H26O3/c1-8-11(2)9-12(3)10-13(4)17-14(5)16(19)15(6)18(20-7)21-17/h9-11H,8H2,1-7H3/b12-9+,13-10?/t11-/m0/s1. The van der Waals surface area contributed by atoms with E-state index in [-0.39, 0.29) is 11.4 Å². The Kier molecular flexibility index (Phi) is 6.01. The highest BCUT2D eigenvalue weighted by Gasteiger charge is 2.15. The Bertz CT molecular complexity index is 618. The Labute approximate surface area is 127 Å². The summed E-state index contributed by atoms with van der Waals surface area (Å²) < 4.78 is 10.9. The lowest BCUT2D eigenvalue weighted by molar-refractivity contribution is 0.288. The smallest absolute Gasteiger partial charge is 0.291 e. The van der Waals surface area contributed by atoms with Gasteiger partial charge in [0, 0.05) is 5.56 Å². The number of hydrogen-bond acceptors (Lipinski definition) is 3. The molecule has 3 heteroatoms. The summed E-state index contributed by atoms with van der Waals surface area (Å²) in [7, 11) is 1.51. The van der Waals surface area contributed by atoms with E-state index >= 15 is 0 Å². The third kappa shape index (κ3) is 4.10. The fraction of sp³-hybridized carbons (Fsp3) is 0.500. The largest absolute Gasteiger partial charge is 0.468 e. The van der Waals surface area contributed by atoms with Crippen molar-refractivity contribution in [1.82, 2.24) is 0 Å². The predicted octanol–water partition coefficient (Wildman–Crippen LogP) is 4.66. The maximum absolute atomic E-state index is 12.2. The summed E-state index contributed by atoms with van der Waals surface area (Å²) >= 11 is 0. The van der Waals surface area contributed by atoms with Crippen molar-refractivity contribution in [3.8, 4) is 5.95 Å². The van der Waals surface area contributed by atoms with E-state index in [0.29, 0.717) is 22.8 Å². The molecule has 1 aromatic heterocycles. The van der Waals surface area contributed by atoms with Gasteiger partial charge < -0.3 is 9.15 Å². The van der Waals surface area contributed by atoms with Crippen LogP contribution in [0.5, 0.6) is 5.95 Å². The van der Waals surface area contributed by atoms with Crippen molar-refractivity contribution in [3.05, 3.63) is 44.8 Å². The number of rotatable bonds is 5. The first-order valence-electron chi connectivity index (χ1n) is 7.37. The van der Waals surface area contributed by atoms with Crippen LogP contribution in [0.2, 0.25) is 0 Å². The van der Waals surface area contributed by atoms with Crippen LogP contribution in [0, 0.1) is 19.8 Å². The van der Waals surface area contributed by atoms with Crippen LogP contribution in [0.1, 0.15) is 51.0 Å². The van der Waals surface area contributed by atoms with Crippen molar-refractivity contribution in [3.63, 3.8) is 0 Å². The van der Waals surface area contributed by atoms with Crippen molar-refractivity contribution in [1.29, 1.82) is 0 Å². The highest BCUT2D eigenvalue weighted by atomic mass is 16.6. The molecule has 0 aliphatic carbocycles. The number of methoxy groups -OCH3 is 1. The van der Waals surface area contributed by atoms with Gasteiger partial charge in [-0.2, -0.15) is 0 Å². The second-order valence-corrected chi connectivity index (χ2v) is 5.63. The van der Waals surface area contributed by atoms with Crippen LogP contribution in [0.15, 0.2) is 26.9 Å². The molecule has 1 heterocycles. The summed E-state index contributed by atoms with van der Waals surface area (Å²) in [5, 5.41) is 0. The molecule has 0 aliphatic rings. The molecule has 0 spiro atoms. The van der Waals surface area contributed by atoms with Gasteiger partial charge in [-0.1, -0.05) is 38.0 Å². The molecule has 0 saturated heterocycles. The second kappa shape index (κ2) is 7.30. The average molecular weight is 290 g/mol. The zero-order chi connectivity index (χ0) is 16.2. The van der Waals surface area contributed by atoms with E-state index in [4.69, 9.17) is 9.15 Å². The lowest BCUT2D eigenvalue weighted by atomic mass is 10.0. The Morgan fingerprint density at radius 2 is 1.90 bits per heavy atom. The van der Waals surface area contributed by atoms with Crippen molar-refractivity contribution < 1.29 is 9.15 Å². The van der Waals surface area contributed by atoms with Gasteiger partial charge in [-0.05, 0) is 39.2 Å². The number of ether oxygens (including phenoxy) is 1. The SMILES string of the molecule is CC[C@H](C)/C=C(\C)C=C(C)c1oc(OC)c(C)c(=O)c1C. The molecule has 1 atom stereocenters. The van der Waals surface area contributed by atoms with E-state index in [0.717, 1.165) is 12.0 Å². The summed E-state index contributed by atoms with van der Waals surface area (Å²) in [6, 6.07) is 0. The van der Waals surface area contributed by atoms with Gasteiger partial charge in [0.1, 0.15) is 5.76 Å². The van der Waals surface area contributed by atoms with Gasteiger partial charge in [0.05, 0.1) is 12.7 Å². The van der Waals surface area contributed by atoms with Crippen LogP contribution < -0.4 is 10.2 Å². The molecule has 1 aromatic rings. The van der Waals surface area contributed by atoms with E-state index in [1.807, 2.05) is 13.0 Å². The number of allylic oxidation sites excluding steroid dienone is 4. The van der Waals surface area contributed by atoms with Crippen LogP contribution in [-0.4, -0.2) is 7.11 Å². The van der Waals surface area contributed by atoms with E-state index in [2.05, 4.69) is 26.8 Å². The van der Waals surface area contributed by atoms with Gasteiger partial charge in [-0.15, -0.1) is 0 Å². The summed E-state index contributed by atoms with van der Waals surface area (Å²) in [6.07, 6.45) is 5.38. The minimum absolute atomic E-state index is 0.0237. The molecular weight excluding hydrogens is 264 g/mol. The second-order valence-electron chi connectivity index (χ2n) is 5.63. The molecule has 3 nitrogen and oxygen atoms in total. The van der Waals surface area contributed by atoms with Gasteiger partial charge >= 0.3 is 0 Å². The Hall–Kier alpha value is -1.77. The maximum atomic E-state index is 12.2. The molecule has 0 fully saturated rings. The van der Waals surface area contributed by atoms with Crippen LogP contribution >= 0.6 is 0 Å². The van der Waals surface area contributed by atoms with Crippen molar-refractivity contribution in [2.45, 2.75) is 48.0 Å². The molecule has 0 radical (unpaired) electrons. The third-order valence-corrected chi connectivity index (χ3v) is 3.70. The van der Waals surface area contributed by atoms with Gasteiger partial charge in [-0.25, -0.2) is 0 Å². The van der Waals surface area contributed by atoms with Gasteiger partial charge in [0.15, 0.2) is 5.43 Å². The van der Waals surface area contributed by atoms with Crippen LogP contribution in [0.25, 0.3) is 5.57 Å². The van der Waals surface area contributed by atoms with E-state index in [1.54, 1.807) is 13.8 Å². The summed E-state index contributed by atoms with van der Waals surface area (Å²) in [6.45, 7) is 11.9.